The molecule has 158 valence electrons. The molecule has 1 aliphatic heterocycles. The lowest BCUT2D eigenvalue weighted by molar-refractivity contribution is -0.113. The van der Waals surface area contributed by atoms with Crippen molar-refractivity contribution in [3.63, 3.8) is 0 Å². The van der Waals surface area contributed by atoms with Gasteiger partial charge in [0.15, 0.2) is 0 Å². The van der Waals surface area contributed by atoms with Gasteiger partial charge in [-0.1, -0.05) is 51.2 Å². The lowest BCUT2D eigenvalue weighted by Crippen LogP contribution is -2.27. The summed E-state index contributed by atoms with van der Waals surface area (Å²) in [6, 6.07) is 13.5. The molecule has 2 amide bonds. The fraction of sp³-hybridized carbons (Fsp3) is 0.333. The molecule has 3 rings (SSSR count). The molecule has 1 fully saturated rings. The molecule has 0 bridgehead atoms. The van der Waals surface area contributed by atoms with Crippen molar-refractivity contribution < 1.29 is 19.4 Å². The van der Waals surface area contributed by atoms with Gasteiger partial charge in [-0.25, -0.2) is 4.90 Å². The van der Waals surface area contributed by atoms with Crippen LogP contribution in [0.1, 0.15) is 51.0 Å². The number of ether oxygens (including phenoxy) is 1. The third-order valence-corrected chi connectivity index (χ3v) is 5.72. The van der Waals surface area contributed by atoms with Crippen molar-refractivity contribution in [1.82, 2.24) is 0 Å². The molecular weight excluding hydrogens is 398 g/mol. The first-order valence-corrected chi connectivity index (χ1v) is 11.2. The monoisotopic (exact) mass is 425 g/mol. The molecule has 0 atom stereocenters. The normalized spacial score (nSPS) is 15.2. The Morgan fingerprint density at radius 3 is 2.30 bits per heavy atom. The summed E-state index contributed by atoms with van der Waals surface area (Å²) in [5.74, 6) is 0.525. The number of phenols is 1. The number of aromatic hydroxyl groups is 1. The second kappa shape index (κ2) is 10.9. The molecule has 0 aliphatic carbocycles. The van der Waals surface area contributed by atoms with Gasteiger partial charge >= 0.3 is 0 Å². The third kappa shape index (κ3) is 5.89. The highest BCUT2D eigenvalue weighted by atomic mass is 32.2. The fourth-order valence-corrected chi connectivity index (χ4v) is 4.02. The standard InChI is InChI=1S/C24H27NO4S/c1-2-3-4-5-6-7-16-29-21-14-8-18(9-15-21)17-22-23(27)25(24(28)30-22)19-10-12-20(26)13-11-19/h8-15,17,26H,2-7,16H2,1H3. The first-order chi connectivity index (χ1) is 14.6. The highest BCUT2D eigenvalue weighted by Gasteiger charge is 2.36. The first kappa shape index (κ1) is 22.0. The van der Waals surface area contributed by atoms with Gasteiger partial charge in [-0.05, 0) is 66.2 Å². The van der Waals surface area contributed by atoms with Crippen LogP contribution in [-0.4, -0.2) is 22.9 Å². The Morgan fingerprint density at radius 2 is 1.60 bits per heavy atom. The number of anilines is 1. The number of amides is 2. The molecule has 6 heteroatoms. The van der Waals surface area contributed by atoms with Gasteiger partial charge in [-0.2, -0.15) is 0 Å². The molecule has 1 N–H and O–H groups in total. The van der Waals surface area contributed by atoms with Crippen LogP contribution in [0.4, 0.5) is 10.5 Å². The van der Waals surface area contributed by atoms with Gasteiger partial charge in [0.1, 0.15) is 11.5 Å². The second-order valence-electron chi connectivity index (χ2n) is 7.22. The molecule has 1 aliphatic rings. The maximum absolute atomic E-state index is 12.7. The topological polar surface area (TPSA) is 66.8 Å². The Balaban J connectivity index is 1.54. The maximum atomic E-state index is 12.7. The summed E-state index contributed by atoms with van der Waals surface area (Å²) >= 11 is 0.909. The molecule has 2 aromatic rings. The van der Waals surface area contributed by atoms with Crippen molar-refractivity contribution in [1.29, 1.82) is 0 Å². The van der Waals surface area contributed by atoms with Crippen LogP contribution in [0.15, 0.2) is 53.4 Å². The zero-order valence-corrected chi connectivity index (χ0v) is 18.0. The maximum Gasteiger partial charge on any atom is 0.298 e. The van der Waals surface area contributed by atoms with Crippen LogP contribution in [0.25, 0.3) is 6.08 Å². The number of thioether (sulfide) groups is 1. The van der Waals surface area contributed by atoms with Gasteiger partial charge in [-0.15, -0.1) is 0 Å². The third-order valence-electron chi connectivity index (χ3n) is 4.85. The summed E-state index contributed by atoms with van der Waals surface area (Å²) in [7, 11) is 0. The minimum Gasteiger partial charge on any atom is -0.508 e. The van der Waals surface area contributed by atoms with E-state index in [-0.39, 0.29) is 16.9 Å². The van der Waals surface area contributed by atoms with Crippen LogP contribution in [0, 0.1) is 0 Å². The zero-order valence-electron chi connectivity index (χ0n) is 17.2. The molecule has 1 heterocycles. The number of benzene rings is 2. The smallest absolute Gasteiger partial charge is 0.298 e. The fourth-order valence-electron chi connectivity index (χ4n) is 3.18. The van der Waals surface area contributed by atoms with E-state index in [0.29, 0.717) is 17.2 Å². The van der Waals surface area contributed by atoms with Gasteiger partial charge in [0.05, 0.1) is 17.2 Å². The summed E-state index contributed by atoms with van der Waals surface area (Å²) in [4.78, 5) is 26.5. The zero-order chi connectivity index (χ0) is 21.3. The number of imide groups is 1. The van der Waals surface area contributed by atoms with Gasteiger partial charge in [0, 0.05) is 0 Å². The second-order valence-corrected chi connectivity index (χ2v) is 8.21. The predicted molar refractivity (Wildman–Crippen MR) is 122 cm³/mol. The average molecular weight is 426 g/mol. The Hall–Kier alpha value is -2.73. The van der Waals surface area contributed by atoms with Crippen LogP contribution in [-0.2, 0) is 4.79 Å². The van der Waals surface area contributed by atoms with E-state index >= 15 is 0 Å². The first-order valence-electron chi connectivity index (χ1n) is 10.4. The molecular formula is C24H27NO4S. The summed E-state index contributed by atoms with van der Waals surface area (Å²) in [6.07, 6.45) is 9.06. The van der Waals surface area contributed by atoms with Crippen molar-refractivity contribution in [2.75, 3.05) is 11.5 Å². The molecule has 30 heavy (non-hydrogen) atoms. The number of unbranched alkanes of at least 4 members (excludes halogenated alkanes) is 5. The number of carbonyl (C=O) groups excluding carboxylic acids is 2. The number of rotatable bonds is 10. The molecule has 0 unspecified atom stereocenters. The van der Waals surface area contributed by atoms with Gasteiger partial charge in [-0.3, -0.25) is 9.59 Å². The molecule has 0 radical (unpaired) electrons. The minimum absolute atomic E-state index is 0.0834. The van der Waals surface area contributed by atoms with Crippen LogP contribution in [0.2, 0.25) is 0 Å². The van der Waals surface area contributed by atoms with Gasteiger partial charge < -0.3 is 9.84 Å². The van der Waals surface area contributed by atoms with E-state index < -0.39 is 0 Å². The molecule has 0 saturated carbocycles. The molecule has 1 saturated heterocycles. The van der Waals surface area contributed by atoms with E-state index in [0.717, 1.165) is 34.4 Å². The van der Waals surface area contributed by atoms with E-state index in [1.54, 1.807) is 18.2 Å². The SMILES string of the molecule is CCCCCCCCOc1ccc(C=C2SC(=O)N(c3ccc(O)cc3)C2=O)cc1. The van der Waals surface area contributed by atoms with E-state index in [2.05, 4.69) is 6.92 Å². The quantitative estimate of drug-likeness (QED) is 0.354. The van der Waals surface area contributed by atoms with Gasteiger partial charge in [0.2, 0.25) is 0 Å². The van der Waals surface area contributed by atoms with Crippen LogP contribution in [0.3, 0.4) is 0 Å². The van der Waals surface area contributed by atoms with Crippen LogP contribution in [0.5, 0.6) is 11.5 Å². The van der Waals surface area contributed by atoms with Crippen molar-refractivity contribution in [2.45, 2.75) is 45.4 Å². The van der Waals surface area contributed by atoms with Crippen molar-refractivity contribution in [3.05, 3.63) is 59.0 Å². The molecule has 0 spiro atoms. The summed E-state index contributed by atoms with van der Waals surface area (Å²) < 4.78 is 5.78. The van der Waals surface area contributed by atoms with E-state index in [4.69, 9.17) is 4.74 Å². The number of hydrogen-bond acceptors (Lipinski definition) is 5. The number of hydrogen-bond donors (Lipinski definition) is 1. The summed E-state index contributed by atoms with van der Waals surface area (Å²) in [6.45, 7) is 2.92. The summed E-state index contributed by atoms with van der Waals surface area (Å²) in [5, 5.41) is 9.05. The molecule has 2 aromatic carbocycles. The lowest BCUT2D eigenvalue weighted by Gasteiger charge is -2.12. The Kier molecular flexibility index (Phi) is 7.97. The largest absolute Gasteiger partial charge is 0.508 e. The number of phenolic OH excluding ortho intramolecular Hbond substituents is 1. The van der Waals surface area contributed by atoms with Gasteiger partial charge in [0.25, 0.3) is 11.1 Å². The molecule has 5 nitrogen and oxygen atoms in total. The lowest BCUT2D eigenvalue weighted by atomic mass is 10.1. The van der Waals surface area contributed by atoms with E-state index in [1.807, 2.05) is 24.3 Å². The molecule has 0 aromatic heterocycles. The van der Waals surface area contributed by atoms with Crippen molar-refractivity contribution in [2.24, 2.45) is 0 Å². The van der Waals surface area contributed by atoms with Crippen molar-refractivity contribution in [3.8, 4) is 11.5 Å². The Bertz CT molecular complexity index is 890. The predicted octanol–water partition coefficient (Wildman–Crippen LogP) is 6.37. The number of nitrogens with zero attached hydrogens (tertiary/aromatic N) is 1. The Labute approximate surface area is 181 Å². The highest BCUT2D eigenvalue weighted by molar-refractivity contribution is 8.19. The average Bonchev–Trinajstić information content (AvgIpc) is 3.02. The van der Waals surface area contributed by atoms with Crippen LogP contribution >= 0.6 is 11.8 Å². The Morgan fingerprint density at radius 1 is 0.933 bits per heavy atom. The summed E-state index contributed by atoms with van der Waals surface area (Å²) in [5.41, 5.74) is 1.27. The van der Waals surface area contributed by atoms with E-state index in [1.165, 1.54) is 44.2 Å². The minimum atomic E-state index is -0.362. The number of carbonyl (C=O) groups is 2. The van der Waals surface area contributed by atoms with E-state index in [9.17, 15) is 14.7 Å². The van der Waals surface area contributed by atoms with Crippen LogP contribution < -0.4 is 9.64 Å². The van der Waals surface area contributed by atoms with Crippen molar-refractivity contribution >= 4 is 34.7 Å². The highest BCUT2D eigenvalue weighted by Crippen LogP contribution is 2.36.